The number of aryl methyl sites for hydroxylation is 2. The number of aromatic nitrogens is 2. The summed E-state index contributed by atoms with van der Waals surface area (Å²) >= 11 is 0. The van der Waals surface area contributed by atoms with Crippen LogP contribution in [0.1, 0.15) is 21.5 Å². The van der Waals surface area contributed by atoms with Crippen molar-refractivity contribution in [2.75, 3.05) is 5.32 Å². The van der Waals surface area contributed by atoms with E-state index >= 15 is 0 Å². The van der Waals surface area contributed by atoms with Crippen molar-refractivity contribution in [2.24, 2.45) is 0 Å². The van der Waals surface area contributed by atoms with Crippen molar-refractivity contribution in [3.05, 3.63) is 95.3 Å². The lowest BCUT2D eigenvalue weighted by atomic mass is 10.1. The van der Waals surface area contributed by atoms with Crippen molar-refractivity contribution in [3.63, 3.8) is 0 Å². The van der Waals surface area contributed by atoms with E-state index in [-0.39, 0.29) is 11.3 Å². The molecular formula is C24H20FN3O2. The number of nitrogens with zero attached hydrogens (tertiary/aromatic N) is 2. The van der Waals surface area contributed by atoms with Gasteiger partial charge in [0.15, 0.2) is 0 Å². The summed E-state index contributed by atoms with van der Waals surface area (Å²) in [6, 6.07) is 21.1. The molecule has 0 spiro atoms. The van der Waals surface area contributed by atoms with Crippen molar-refractivity contribution in [1.29, 1.82) is 0 Å². The molecule has 5 nitrogen and oxygen atoms in total. The van der Waals surface area contributed by atoms with Crippen LogP contribution in [0.3, 0.4) is 0 Å². The number of rotatable bonds is 5. The van der Waals surface area contributed by atoms with E-state index in [4.69, 9.17) is 5.10 Å². The van der Waals surface area contributed by atoms with Crippen LogP contribution in [-0.4, -0.2) is 20.9 Å². The standard InChI is InChI=1S/C24H20FN3O2/c1-15-7-9-17(10-8-15)20-14-23(28(27-20)22-6-4-3-5-16(22)2)26-21-13-18(25)11-12-19(21)24(29)30/h3-14,26H,1-2H3,(H,29,30). The number of carboxylic acid groups (broad SMARTS) is 1. The van der Waals surface area contributed by atoms with Gasteiger partial charge in [-0.1, -0.05) is 48.0 Å². The van der Waals surface area contributed by atoms with Crippen molar-refractivity contribution >= 4 is 17.5 Å². The van der Waals surface area contributed by atoms with Gasteiger partial charge in [-0.05, 0) is 43.7 Å². The van der Waals surface area contributed by atoms with E-state index in [9.17, 15) is 14.3 Å². The topological polar surface area (TPSA) is 67.2 Å². The van der Waals surface area contributed by atoms with Crippen LogP contribution in [-0.2, 0) is 0 Å². The average molecular weight is 401 g/mol. The van der Waals surface area contributed by atoms with Crippen LogP contribution in [0, 0.1) is 19.7 Å². The van der Waals surface area contributed by atoms with Crippen molar-refractivity contribution in [2.45, 2.75) is 13.8 Å². The third-order valence-electron chi connectivity index (χ3n) is 4.88. The van der Waals surface area contributed by atoms with Gasteiger partial charge < -0.3 is 10.4 Å². The number of nitrogens with one attached hydrogen (secondary N) is 1. The van der Waals surface area contributed by atoms with Gasteiger partial charge in [0.1, 0.15) is 11.6 Å². The van der Waals surface area contributed by atoms with Crippen LogP contribution in [0.5, 0.6) is 0 Å². The molecule has 6 heteroatoms. The fourth-order valence-corrected chi connectivity index (χ4v) is 3.26. The predicted molar refractivity (Wildman–Crippen MR) is 115 cm³/mol. The fraction of sp³-hybridized carbons (Fsp3) is 0.0833. The zero-order valence-electron chi connectivity index (χ0n) is 16.6. The maximum Gasteiger partial charge on any atom is 0.337 e. The number of benzene rings is 3. The molecule has 0 radical (unpaired) electrons. The van der Waals surface area contributed by atoms with Gasteiger partial charge >= 0.3 is 5.97 Å². The van der Waals surface area contributed by atoms with Gasteiger partial charge in [-0.3, -0.25) is 0 Å². The molecule has 0 bridgehead atoms. The minimum Gasteiger partial charge on any atom is -0.478 e. The quantitative estimate of drug-likeness (QED) is 0.448. The molecule has 0 saturated heterocycles. The summed E-state index contributed by atoms with van der Waals surface area (Å²) in [6.07, 6.45) is 0. The van der Waals surface area contributed by atoms with Crippen molar-refractivity contribution in [3.8, 4) is 16.9 Å². The van der Waals surface area contributed by atoms with Crippen LogP contribution in [0.15, 0.2) is 72.8 Å². The van der Waals surface area contributed by atoms with E-state index in [0.717, 1.165) is 28.4 Å². The van der Waals surface area contributed by atoms with E-state index < -0.39 is 11.8 Å². The Labute approximate surface area is 173 Å². The summed E-state index contributed by atoms with van der Waals surface area (Å²) in [5, 5.41) is 17.3. The second-order valence-corrected chi connectivity index (χ2v) is 7.10. The molecule has 0 amide bonds. The van der Waals surface area contributed by atoms with Crippen molar-refractivity contribution in [1.82, 2.24) is 9.78 Å². The first-order valence-corrected chi connectivity index (χ1v) is 9.45. The number of hydrogen-bond donors (Lipinski definition) is 2. The van der Waals surface area contributed by atoms with Gasteiger partial charge in [0.2, 0.25) is 0 Å². The molecule has 4 rings (SSSR count). The number of anilines is 2. The molecule has 1 heterocycles. The first-order chi connectivity index (χ1) is 14.4. The number of hydrogen-bond acceptors (Lipinski definition) is 3. The zero-order valence-corrected chi connectivity index (χ0v) is 16.6. The molecule has 0 aliphatic heterocycles. The lowest BCUT2D eigenvalue weighted by Crippen LogP contribution is -2.07. The van der Waals surface area contributed by atoms with Gasteiger partial charge in [0.05, 0.1) is 22.6 Å². The number of para-hydroxylation sites is 1. The molecule has 3 aromatic carbocycles. The molecule has 0 aliphatic rings. The highest BCUT2D eigenvalue weighted by atomic mass is 19.1. The smallest absolute Gasteiger partial charge is 0.337 e. The molecule has 150 valence electrons. The third-order valence-corrected chi connectivity index (χ3v) is 4.88. The van der Waals surface area contributed by atoms with Gasteiger partial charge in [-0.15, -0.1) is 0 Å². The van der Waals surface area contributed by atoms with Crippen LogP contribution in [0.2, 0.25) is 0 Å². The van der Waals surface area contributed by atoms with E-state index in [0.29, 0.717) is 11.5 Å². The molecule has 0 aliphatic carbocycles. The summed E-state index contributed by atoms with van der Waals surface area (Å²) in [5.74, 6) is -1.13. The molecule has 0 fully saturated rings. The van der Waals surface area contributed by atoms with Crippen LogP contribution >= 0.6 is 0 Å². The molecule has 0 atom stereocenters. The lowest BCUT2D eigenvalue weighted by molar-refractivity contribution is 0.0698. The Bertz CT molecular complexity index is 1230. The Morgan fingerprint density at radius 1 is 1.00 bits per heavy atom. The minimum absolute atomic E-state index is 0.0224. The van der Waals surface area contributed by atoms with Gasteiger partial charge in [-0.2, -0.15) is 5.10 Å². The van der Waals surface area contributed by atoms with Gasteiger partial charge in [-0.25, -0.2) is 13.9 Å². The molecular weight excluding hydrogens is 381 g/mol. The lowest BCUT2D eigenvalue weighted by Gasteiger charge is -2.13. The van der Waals surface area contributed by atoms with E-state index in [1.54, 1.807) is 4.68 Å². The molecule has 1 aromatic heterocycles. The molecule has 2 N–H and O–H groups in total. The highest BCUT2D eigenvalue weighted by Crippen LogP contribution is 2.30. The summed E-state index contributed by atoms with van der Waals surface area (Å²) < 4.78 is 15.6. The number of carbonyl (C=O) groups is 1. The minimum atomic E-state index is -1.14. The first-order valence-electron chi connectivity index (χ1n) is 9.45. The Morgan fingerprint density at radius 3 is 2.43 bits per heavy atom. The van der Waals surface area contributed by atoms with Crippen molar-refractivity contribution < 1.29 is 14.3 Å². The first kappa shape index (κ1) is 19.4. The average Bonchev–Trinajstić information content (AvgIpc) is 3.12. The summed E-state index contributed by atoms with van der Waals surface area (Å²) in [6.45, 7) is 3.98. The molecule has 4 aromatic rings. The van der Waals surface area contributed by atoms with Gasteiger partial charge in [0.25, 0.3) is 0 Å². The van der Waals surface area contributed by atoms with Gasteiger partial charge in [0, 0.05) is 11.6 Å². The molecule has 0 saturated carbocycles. The third kappa shape index (κ3) is 3.80. The van der Waals surface area contributed by atoms with E-state index in [1.165, 1.54) is 12.1 Å². The number of aromatic carboxylic acids is 1. The highest BCUT2D eigenvalue weighted by molar-refractivity contribution is 5.95. The maximum atomic E-state index is 13.9. The predicted octanol–water partition coefficient (Wildman–Crippen LogP) is 5.74. The fourth-order valence-electron chi connectivity index (χ4n) is 3.26. The Kier molecular flexibility index (Phi) is 5.06. The van der Waals surface area contributed by atoms with Crippen LogP contribution in [0.4, 0.5) is 15.9 Å². The monoisotopic (exact) mass is 401 g/mol. The SMILES string of the molecule is Cc1ccc(-c2cc(Nc3cc(F)ccc3C(=O)O)n(-c3ccccc3C)n2)cc1. The Hall–Kier alpha value is -3.93. The summed E-state index contributed by atoms with van der Waals surface area (Å²) in [7, 11) is 0. The second kappa shape index (κ2) is 7.83. The number of halogens is 1. The normalized spacial score (nSPS) is 10.8. The Morgan fingerprint density at radius 2 is 1.73 bits per heavy atom. The Balaban J connectivity index is 1.86. The van der Waals surface area contributed by atoms with Crippen LogP contribution < -0.4 is 5.32 Å². The maximum absolute atomic E-state index is 13.9. The number of carboxylic acids is 1. The van der Waals surface area contributed by atoms with E-state index in [2.05, 4.69) is 5.32 Å². The van der Waals surface area contributed by atoms with E-state index in [1.807, 2.05) is 68.4 Å². The molecule has 0 unspecified atom stereocenters. The largest absolute Gasteiger partial charge is 0.478 e. The van der Waals surface area contributed by atoms with Crippen LogP contribution in [0.25, 0.3) is 16.9 Å². The molecule has 30 heavy (non-hydrogen) atoms. The summed E-state index contributed by atoms with van der Waals surface area (Å²) in [4.78, 5) is 11.6. The highest BCUT2D eigenvalue weighted by Gasteiger charge is 2.17. The second-order valence-electron chi connectivity index (χ2n) is 7.10. The summed E-state index contributed by atoms with van der Waals surface area (Å²) in [5.41, 5.74) is 4.76. The zero-order chi connectivity index (χ0) is 21.3.